The molecule has 0 bridgehead atoms. The van der Waals surface area contributed by atoms with E-state index in [9.17, 15) is 9.18 Å². The normalized spacial score (nSPS) is 10.7. The standard InChI is InChI=1S/C14H20FNO3/c1-10(2)9-19-7-3-6-16-14(18)12-5-4-11(17)8-13(12)15/h4-5,8,10,17H,3,6-7,9H2,1-2H3,(H,16,18). The van der Waals surface area contributed by atoms with Crippen LogP contribution in [0.3, 0.4) is 0 Å². The number of ether oxygens (including phenoxy) is 1. The Morgan fingerprint density at radius 2 is 2.21 bits per heavy atom. The molecule has 1 aromatic carbocycles. The maximum Gasteiger partial charge on any atom is 0.254 e. The average molecular weight is 269 g/mol. The lowest BCUT2D eigenvalue weighted by atomic mass is 10.2. The molecule has 0 aliphatic heterocycles. The lowest BCUT2D eigenvalue weighted by Gasteiger charge is -2.08. The third-order valence-corrected chi connectivity index (χ3v) is 2.40. The summed E-state index contributed by atoms with van der Waals surface area (Å²) in [6, 6.07) is 3.46. The van der Waals surface area contributed by atoms with Crippen molar-refractivity contribution in [3.05, 3.63) is 29.6 Å². The molecule has 106 valence electrons. The minimum atomic E-state index is -0.728. The van der Waals surface area contributed by atoms with Crippen molar-refractivity contribution >= 4 is 5.91 Å². The molecular weight excluding hydrogens is 249 g/mol. The second-order valence-corrected chi connectivity index (χ2v) is 4.74. The Labute approximate surface area is 112 Å². The van der Waals surface area contributed by atoms with Crippen LogP contribution in [0.2, 0.25) is 0 Å². The maximum absolute atomic E-state index is 13.4. The van der Waals surface area contributed by atoms with Crippen molar-refractivity contribution in [3.8, 4) is 5.75 Å². The molecule has 1 amide bonds. The molecule has 0 fully saturated rings. The summed E-state index contributed by atoms with van der Waals surface area (Å²) in [6.07, 6.45) is 0.679. The number of halogens is 1. The Morgan fingerprint density at radius 3 is 2.84 bits per heavy atom. The fourth-order valence-electron chi connectivity index (χ4n) is 1.48. The molecule has 0 aliphatic rings. The van der Waals surface area contributed by atoms with Gasteiger partial charge in [0.05, 0.1) is 5.56 Å². The van der Waals surface area contributed by atoms with E-state index in [-0.39, 0.29) is 11.3 Å². The van der Waals surface area contributed by atoms with Crippen LogP contribution < -0.4 is 5.32 Å². The SMILES string of the molecule is CC(C)COCCCNC(=O)c1ccc(O)cc1F. The van der Waals surface area contributed by atoms with Gasteiger partial charge in [-0.3, -0.25) is 4.79 Å². The molecule has 0 saturated carbocycles. The van der Waals surface area contributed by atoms with Crippen LogP contribution in [0.1, 0.15) is 30.6 Å². The minimum absolute atomic E-state index is 0.0686. The van der Waals surface area contributed by atoms with Gasteiger partial charge >= 0.3 is 0 Å². The van der Waals surface area contributed by atoms with E-state index in [1.165, 1.54) is 12.1 Å². The number of phenols is 1. The topological polar surface area (TPSA) is 58.6 Å². The van der Waals surface area contributed by atoms with Crippen LogP contribution in [0.5, 0.6) is 5.75 Å². The molecule has 19 heavy (non-hydrogen) atoms. The lowest BCUT2D eigenvalue weighted by Crippen LogP contribution is -2.26. The second kappa shape index (κ2) is 7.74. The van der Waals surface area contributed by atoms with Gasteiger partial charge in [0.15, 0.2) is 0 Å². The molecule has 0 aliphatic carbocycles. The summed E-state index contributed by atoms with van der Waals surface area (Å²) in [6.45, 7) is 5.82. The Bertz CT molecular complexity index is 421. The first-order valence-corrected chi connectivity index (χ1v) is 6.35. The van der Waals surface area contributed by atoms with Crippen molar-refractivity contribution < 1.29 is 19.0 Å². The zero-order chi connectivity index (χ0) is 14.3. The summed E-state index contributed by atoms with van der Waals surface area (Å²) < 4.78 is 18.7. The van der Waals surface area contributed by atoms with E-state index in [2.05, 4.69) is 19.2 Å². The van der Waals surface area contributed by atoms with Crippen molar-refractivity contribution in [1.82, 2.24) is 5.32 Å². The van der Waals surface area contributed by atoms with Crippen molar-refractivity contribution in [2.45, 2.75) is 20.3 Å². The van der Waals surface area contributed by atoms with Crippen molar-refractivity contribution in [3.63, 3.8) is 0 Å². The number of phenolic OH excluding ortho intramolecular Hbond substituents is 1. The summed E-state index contributed by atoms with van der Waals surface area (Å²) in [4.78, 5) is 11.6. The van der Waals surface area contributed by atoms with E-state index >= 15 is 0 Å². The zero-order valence-electron chi connectivity index (χ0n) is 11.3. The van der Waals surface area contributed by atoms with Gasteiger partial charge < -0.3 is 15.2 Å². The van der Waals surface area contributed by atoms with Gasteiger partial charge in [0.25, 0.3) is 5.91 Å². The lowest BCUT2D eigenvalue weighted by molar-refractivity contribution is 0.0921. The largest absolute Gasteiger partial charge is 0.508 e. The van der Waals surface area contributed by atoms with Gasteiger partial charge in [-0.2, -0.15) is 0 Å². The fraction of sp³-hybridized carbons (Fsp3) is 0.500. The number of hydrogen-bond donors (Lipinski definition) is 2. The summed E-state index contributed by atoms with van der Waals surface area (Å²) in [5.41, 5.74) is -0.0686. The van der Waals surface area contributed by atoms with Crippen molar-refractivity contribution in [2.24, 2.45) is 5.92 Å². The van der Waals surface area contributed by atoms with Crippen molar-refractivity contribution in [2.75, 3.05) is 19.8 Å². The molecule has 4 nitrogen and oxygen atoms in total. The van der Waals surface area contributed by atoms with Crippen LogP contribution in [0, 0.1) is 11.7 Å². The van der Waals surface area contributed by atoms with Gasteiger partial charge in [-0.05, 0) is 24.5 Å². The molecule has 0 spiro atoms. The summed E-state index contributed by atoms with van der Waals surface area (Å²) in [5, 5.41) is 11.7. The zero-order valence-corrected chi connectivity index (χ0v) is 11.3. The summed E-state index contributed by atoms with van der Waals surface area (Å²) >= 11 is 0. The van der Waals surface area contributed by atoms with Gasteiger partial charge in [-0.15, -0.1) is 0 Å². The molecule has 0 saturated heterocycles. The highest BCUT2D eigenvalue weighted by atomic mass is 19.1. The molecule has 2 N–H and O–H groups in total. The first-order valence-electron chi connectivity index (χ1n) is 6.35. The Balaban J connectivity index is 2.28. The van der Waals surface area contributed by atoms with Crippen LogP contribution in [-0.4, -0.2) is 30.8 Å². The Morgan fingerprint density at radius 1 is 1.47 bits per heavy atom. The van der Waals surface area contributed by atoms with Gasteiger partial charge in [0.1, 0.15) is 11.6 Å². The predicted octanol–water partition coefficient (Wildman–Crippen LogP) is 2.32. The number of carbonyl (C=O) groups is 1. The maximum atomic E-state index is 13.4. The molecule has 1 rings (SSSR count). The molecule has 1 aromatic rings. The number of hydrogen-bond acceptors (Lipinski definition) is 3. The molecule has 5 heteroatoms. The highest BCUT2D eigenvalue weighted by Gasteiger charge is 2.11. The first-order chi connectivity index (χ1) is 9.00. The van der Waals surface area contributed by atoms with Crippen molar-refractivity contribution in [1.29, 1.82) is 0 Å². The fourth-order valence-corrected chi connectivity index (χ4v) is 1.48. The van der Waals surface area contributed by atoms with Gasteiger partial charge in [0.2, 0.25) is 0 Å². The van der Waals surface area contributed by atoms with Gasteiger partial charge in [-0.25, -0.2) is 4.39 Å². The van der Waals surface area contributed by atoms with Crippen LogP contribution in [-0.2, 0) is 4.74 Å². The van der Waals surface area contributed by atoms with Crippen LogP contribution in [0.25, 0.3) is 0 Å². The minimum Gasteiger partial charge on any atom is -0.508 e. The van der Waals surface area contributed by atoms with Crippen LogP contribution in [0.15, 0.2) is 18.2 Å². The van der Waals surface area contributed by atoms with E-state index in [0.29, 0.717) is 32.1 Å². The first kappa shape index (κ1) is 15.4. The van der Waals surface area contributed by atoms with E-state index in [1.54, 1.807) is 0 Å². The number of benzene rings is 1. The third-order valence-electron chi connectivity index (χ3n) is 2.40. The van der Waals surface area contributed by atoms with Gasteiger partial charge in [-0.1, -0.05) is 13.8 Å². The highest BCUT2D eigenvalue weighted by Crippen LogP contribution is 2.14. The number of amides is 1. The number of aromatic hydroxyl groups is 1. The smallest absolute Gasteiger partial charge is 0.254 e. The number of rotatable bonds is 7. The Kier molecular flexibility index (Phi) is 6.29. The van der Waals surface area contributed by atoms with Crippen LogP contribution in [0.4, 0.5) is 4.39 Å². The van der Waals surface area contributed by atoms with E-state index in [4.69, 9.17) is 9.84 Å². The quantitative estimate of drug-likeness (QED) is 0.747. The Hall–Kier alpha value is -1.62. The monoisotopic (exact) mass is 269 g/mol. The molecule has 0 heterocycles. The van der Waals surface area contributed by atoms with Gasteiger partial charge in [0, 0.05) is 25.8 Å². The second-order valence-electron chi connectivity index (χ2n) is 4.74. The number of carbonyl (C=O) groups excluding carboxylic acids is 1. The van der Waals surface area contributed by atoms with E-state index in [0.717, 1.165) is 6.07 Å². The summed E-state index contributed by atoms with van der Waals surface area (Å²) in [7, 11) is 0. The summed E-state index contributed by atoms with van der Waals surface area (Å²) in [5.74, 6) is -0.924. The molecule has 0 radical (unpaired) electrons. The predicted molar refractivity (Wildman–Crippen MR) is 70.7 cm³/mol. The molecule has 0 aromatic heterocycles. The number of nitrogens with one attached hydrogen (secondary N) is 1. The molecular formula is C14H20FNO3. The van der Waals surface area contributed by atoms with Crippen LogP contribution >= 0.6 is 0 Å². The molecule has 0 unspecified atom stereocenters. The van der Waals surface area contributed by atoms with E-state index in [1.807, 2.05) is 0 Å². The molecule has 0 atom stereocenters. The third kappa shape index (κ3) is 5.70. The highest BCUT2D eigenvalue weighted by molar-refractivity contribution is 5.94. The average Bonchev–Trinajstić information content (AvgIpc) is 2.32. The van der Waals surface area contributed by atoms with E-state index < -0.39 is 11.7 Å².